The molecule has 2 amide bonds. The summed E-state index contributed by atoms with van der Waals surface area (Å²) in [6.45, 7) is 1.62. The molecule has 0 atom stereocenters. The molecule has 0 radical (unpaired) electrons. The Kier molecular flexibility index (Phi) is 7.67. The Morgan fingerprint density at radius 2 is 1.47 bits per heavy atom. The van der Waals surface area contributed by atoms with Gasteiger partial charge in [0.25, 0.3) is 5.69 Å². The zero-order valence-corrected chi connectivity index (χ0v) is 18.4. The van der Waals surface area contributed by atoms with Gasteiger partial charge in [0.05, 0.1) is 16.2 Å². The van der Waals surface area contributed by atoms with Crippen molar-refractivity contribution in [2.45, 2.75) is 6.92 Å². The summed E-state index contributed by atoms with van der Waals surface area (Å²) in [5.41, 5.74) is 3.61. The number of hydrogen-bond acceptors (Lipinski definition) is 7. The number of esters is 1. The van der Waals surface area contributed by atoms with E-state index < -0.39 is 22.7 Å². The van der Waals surface area contributed by atoms with E-state index in [1.807, 2.05) is 0 Å². The molecule has 0 spiro atoms. The first-order valence-corrected chi connectivity index (χ1v) is 10.1. The van der Waals surface area contributed by atoms with E-state index in [9.17, 15) is 24.5 Å². The second-order valence-corrected chi connectivity index (χ2v) is 7.25. The van der Waals surface area contributed by atoms with E-state index in [0.717, 1.165) is 0 Å². The molecule has 0 saturated heterocycles. The van der Waals surface area contributed by atoms with Crippen LogP contribution in [-0.4, -0.2) is 28.4 Å². The summed E-state index contributed by atoms with van der Waals surface area (Å²) in [6.07, 6.45) is 0. The Morgan fingerprint density at radius 3 is 2.06 bits per heavy atom. The number of nitrogens with zero attached hydrogens (tertiary/aromatic N) is 2. The maximum atomic E-state index is 12.2. The fraction of sp³-hybridized carbons (Fsp3) is 0.0435. The Labute approximate surface area is 198 Å². The van der Waals surface area contributed by atoms with Gasteiger partial charge in [-0.05, 0) is 73.2 Å². The lowest BCUT2D eigenvalue weighted by atomic mass is 10.1. The van der Waals surface area contributed by atoms with Gasteiger partial charge >= 0.3 is 17.8 Å². The third-order valence-corrected chi connectivity index (χ3v) is 4.68. The summed E-state index contributed by atoms with van der Waals surface area (Å²) < 4.78 is 5.25. The fourth-order valence-electron chi connectivity index (χ4n) is 2.62. The fourth-order valence-corrected chi connectivity index (χ4v) is 2.75. The highest BCUT2D eigenvalue weighted by Crippen LogP contribution is 2.17. The minimum atomic E-state index is -0.956. The quantitative estimate of drug-likeness (QED) is 0.137. The highest BCUT2D eigenvalue weighted by atomic mass is 35.5. The molecule has 3 aromatic carbocycles. The van der Waals surface area contributed by atoms with E-state index in [1.54, 1.807) is 43.3 Å². The standard InChI is InChI=1S/C23H17ClN4O6/c1-14(26-27-22(30)21(29)25-18-8-6-17(24)7-9-18)15-4-12-20(13-5-15)34-23(31)16-2-10-19(11-3-16)28(32)33/h2-13H,1H3,(H,25,29)(H,27,30)/b26-14+. The highest BCUT2D eigenvalue weighted by Gasteiger charge is 2.14. The van der Waals surface area contributed by atoms with Crippen molar-refractivity contribution in [3.63, 3.8) is 0 Å². The van der Waals surface area contributed by atoms with Gasteiger partial charge in [-0.15, -0.1) is 0 Å². The molecular formula is C23H17ClN4O6. The Hall–Kier alpha value is -4.57. The lowest BCUT2D eigenvalue weighted by Crippen LogP contribution is -2.32. The SMILES string of the molecule is C/C(=N\NC(=O)C(=O)Nc1ccc(Cl)cc1)c1ccc(OC(=O)c2ccc([N+](=O)[O-])cc2)cc1. The number of rotatable bonds is 6. The molecule has 2 N–H and O–H groups in total. The van der Waals surface area contributed by atoms with Gasteiger partial charge in [-0.25, -0.2) is 10.2 Å². The van der Waals surface area contributed by atoms with E-state index in [0.29, 0.717) is 22.0 Å². The third-order valence-electron chi connectivity index (χ3n) is 4.43. The van der Waals surface area contributed by atoms with Crippen LogP contribution < -0.4 is 15.5 Å². The summed E-state index contributed by atoms with van der Waals surface area (Å²) >= 11 is 5.78. The zero-order chi connectivity index (χ0) is 24.7. The number of benzene rings is 3. The predicted molar refractivity (Wildman–Crippen MR) is 125 cm³/mol. The van der Waals surface area contributed by atoms with E-state index in [4.69, 9.17) is 16.3 Å². The van der Waals surface area contributed by atoms with E-state index in [-0.39, 0.29) is 17.0 Å². The Balaban J connectivity index is 1.56. The monoisotopic (exact) mass is 480 g/mol. The summed E-state index contributed by atoms with van der Waals surface area (Å²) in [6, 6.07) is 17.5. The number of carbonyl (C=O) groups excluding carboxylic acids is 3. The maximum Gasteiger partial charge on any atom is 0.343 e. The predicted octanol–water partition coefficient (Wildman–Crippen LogP) is 3.95. The molecule has 3 rings (SSSR count). The molecule has 0 aliphatic heterocycles. The molecular weight excluding hydrogens is 464 g/mol. The van der Waals surface area contributed by atoms with Gasteiger partial charge in [0.2, 0.25) is 0 Å². The van der Waals surface area contributed by atoms with Gasteiger partial charge in [-0.2, -0.15) is 5.10 Å². The van der Waals surface area contributed by atoms with Crippen molar-refractivity contribution in [3.05, 3.63) is 99.1 Å². The van der Waals surface area contributed by atoms with Crippen LogP contribution in [0.15, 0.2) is 77.9 Å². The van der Waals surface area contributed by atoms with E-state index in [1.165, 1.54) is 36.4 Å². The first-order chi connectivity index (χ1) is 16.2. The topological polar surface area (TPSA) is 140 Å². The van der Waals surface area contributed by atoms with Crippen molar-refractivity contribution in [2.75, 3.05) is 5.32 Å². The van der Waals surface area contributed by atoms with Crippen LogP contribution >= 0.6 is 11.6 Å². The van der Waals surface area contributed by atoms with Crippen LogP contribution in [0.25, 0.3) is 0 Å². The first-order valence-electron chi connectivity index (χ1n) is 9.71. The van der Waals surface area contributed by atoms with Crippen LogP contribution in [0.1, 0.15) is 22.8 Å². The number of ether oxygens (including phenoxy) is 1. The minimum absolute atomic E-state index is 0.134. The summed E-state index contributed by atoms with van der Waals surface area (Å²) in [5, 5.41) is 17.5. The zero-order valence-electron chi connectivity index (χ0n) is 17.7. The molecule has 0 fully saturated rings. The van der Waals surface area contributed by atoms with Crippen molar-refractivity contribution < 1.29 is 24.0 Å². The molecule has 0 heterocycles. The van der Waals surface area contributed by atoms with Crippen molar-refractivity contribution in [3.8, 4) is 5.75 Å². The number of hydrogen-bond donors (Lipinski definition) is 2. The minimum Gasteiger partial charge on any atom is -0.423 e. The van der Waals surface area contributed by atoms with Crippen LogP contribution in [0.4, 0.5) is 11.4 Å². The molecule has 3 aromatic rings. The number of amides is 2. The smallest absolute Gasteiger partial charge is 0.343 e. The van der Waals surface area contributed by atoms with E-state index >= 15 is 0 Å². The van der Waals surface area contributed by atoms with Crippen molar-refractivity contribution >= 4 is 46.5 Å². The van der Waals surface area contributed by atoms with Crippen LogP contribution in [0.5, 0.6) is 5.75 Å². The van der Waals surface area contributed by atoms with E-state index in [2.05, 4.69) is 15.8 Å². The molecule has 0 saturated carbocycles. The number of anilines is 1. The molecule has 172 valence electrons. The van der Waals surface area contributed by atoms with Crippen LogP contribution in [0.2, 0.25) is 5.02 Å². The molecule has 0 aromatic heterocycles. The van der Waals surface area contributed by atoms with Crippen LogP contribution in [-0.2, 0) is 9.59 Å². The van der Waals surface area contributed by atoms with Gasteiger partial charge in [-0.3, -0.25) is 19.7 Å². The molecule has 10 nitrogen and oxygen atoms in total. The summed E-state index contributed by atoms with van der Waals surface area (Å²) in [4.78, 5) is 46.2. The lowest BCUT2D eigenvalue weighted by molar-refractivity contribution is -0.384. The number of non-ortho nitro benzene ring substituents is 1. The molecule has 34 heavy (non-hydrogen) atoms. The van der Waals surface area contributed by atoms with Crippen molar-refractivity contribution in [1.29, 1.82) is 0 Å². The molecule has 0 aliphatic carbocycles. The molecule has 0 aliphatic rings. The van der Waals surface area contributed by atoms with Gasteiger partial charge in [-0.1, -0.05) is 11.6 Å². The molecule has 0 unspecified atom stereocenters. The lowest BCUT2D eigenvalue weighted by Gasteiger charge is -2.07. The number of nitro groups is 1. The molecule has 0 bridgehead atoms. The molecule has 11 heteroatoms. The maximum absolute atomic E-state index is 12.2. The normalized spacial score (nSPS) is 10.8. The van der Waals surface area contributed by atoms with Gasteiger partial charge in [0.1, 0.15) is 5.75 Å². The Morgan fingerprint density at radius 1 is 0.882 bits per heavy atom. The van der Waals surface area contributed by atoms with Crippen LogP contribution in [0.3, 0.4) is 0 Å². The van der Waals surface area contributed by atoms with Crippen LogP contribution in [0, 0.1) is 10.1 Å². The van der Waals surface area contributed by atoms with Crippen molar-refractivity contribution in [2.24, 2.45) is 5.10 Å². The van der Waals surface area contributed by atoms with Gasteiger partial charge in [0, 0.05) is 22.8 Å². The third kappa shape index (κ3) is 6.47. The average Bonchev–Trinajstić information content (AvgIpc) is 2.84. The van der Waals surface area contributed by atoms with Gasteiger partial charge < -0.3 is 10.1 Å². The number of nitro benzene ring substituents is 1. The number of carbonyl (C=O) groups is 3. The highest BCUT2D eigenvalue weighted by molar-refractivity contribution is 6.39. The largest absolute Gasteiger partial charge is 0.423 e. The number of nitrogens with one attached hydrogen (secondary N) is 2. The average molecular weight is 481 g/mol. The first kappa shape index (κ1) is 24.1. The van der Waals surface area contributed by atoms with Crippen molar-refractivity contribution in [1.82, 2.24) is 5.43 Å². The number of halogens is 1. The summed E-state index contributed by atoms with van der Waals surface area (Å²) in [5.74, 6) is -2.28. The number of hydrazone groups is 1. The Bertz CT molecular complexity index is 1260. The van der Waals surface area contributed by atoms with Gasteiger partial charge in [0.15, 0.2) is 0 Å². The summed E-state index contributed by atoms with van der Waals surface area (Å²) in [7, 11) is 0. The second kappa shape index (κ2) is 10.8. The second-order valence-electron chi connectivity index (χ2n) is 6.82.